The third kappa shape index (κ3) is 2.55. The number of hydrogen-bond donors (Lipinski definition) is 0. The summed E-state index contributed by atoms with van der Waals surface area (Å²) in [7, 11) is 0. The molecule has 1 heterocycles. The van der Waals surface area contributed by atoms with Crippen LogP contribution in [0.5, 0.6) is 0 Å². The van der Waals surface area contributed by atoms with Crippen LogP contribution in [0.4, 0.5) is 0 Å². The molecule has 17 heavy (non-hydrogen) atoms. The van der Waals surface area contributed by atoms with E-state index in [-0.39, 0.29) is 0 Å². The highest BCUT2D eigenvalue weighted by molar-refractivity contribution is 9.10. The van der Waals surface area contributed by atoms with Crippen LogP contribution in [0, 0.1) is 18.8 Å². The van der Waals surface area contributed by atoms with E-state index in [4.69, 9.17) is 11.6 Å². The number of alkyl halides is 1. The molecular weight excluding hydrogens is 300 g/mol. The summed E-state index contributed by atoms with van der Waals surface area (Å²) in [5.74, 6) is 1.32. The van der Waals surface area contributed by atoms with Gasteiger partial charge in [-0.1, -0.05) is 6.92 Å². The first kappa shape index (κ1) is 13.4. The van der Waals surface area contributed by atoms with Crippen LogP contribution in [0.25, 0.3) is 0 Å². The van der Waals surface area contributed by atoms with Crippen LogP contribution in [0.2, 0.25) is 0 Å². The van der Waals surface area contributed by atoms with Crippen LogP contribution in [-0.4, -0.2) is 15.2 Å². The molecule has 1 fully saturated rings. The van der Waals surface area contributed by atoms with Gasteiger partial charge in [0.05, 0.1) is 15.9 Å². The maximum absolute atomic E-state index is 6.31. The molecule has 1 aliphatic carbocycles. The van der Waals surface area contributed by atoms with Gasteiger partial charge >= 0.3 is 0 Å². The largest absolute Gasteiger partial charge is 0.268 e. The topological polar surface area (TPSA) is 17.8 Å². The van der Waals surface area contributed by atoms with Crippen molar-refractivity contribution in [3.8, 4) is 0 Å². The molecule has 0 aliphatic heterocycles. The van der Waals surface area contributed by atoms with Crippen molar-refractivity contribution in [2.75, 3.05) is 0 Å². The van der Waals surface area contributed by atoms with Crippen molar-refractivity contribution in [3.63, 3.8) is 0 Å². The van der Waals surface area contributed by atoms with Crippen LogP contribution in [0.1, 0.15) is 38.1 Å². The number of halogens is 2. The smallest absolute Gasteiger partial charge is 0.0738 e. The van der Waals surface area contributed by atoms with Gasteiger partial charge in [0, 0.05) is 11.9 Å². The van der Waals surface area contributed by atoms with Crippen LogP contribution >= 0.6 is 27.5 Å². The fourth-order valence-electron chi connectivity index (χ4n) is 2.79. The average molecular weight is 320 g/mol. The SMILES string of the molecule is CCn1nc(C)c(Br)c1CC1CCC(Cl)C1C. The van der Waals surface area contributed by atoms with Crippen molar-refractivity contribution in [2.24, 2.45) is 11.8 Å². The maximum atomic E-state index is 6.31. The van der Waals surface area contributed by atoms with Gasteiger partial charge in [0.15, 0.2) is 0 Å². The average Bonchev–Trinajstić information content (AvgIpc) is 2.76. The monoisotopic (exact) mass is 318 g/mol. The summed E-state index contributed by atoms with van der Waals surface area (Å²) in [6.07, 6.45) is 3.50. The van der Waals surface area contributed by atoms with Gasteiger partial charge in [-0.05, 0) is 60.9 Å². The minimum absolute atomic E-state index is 0.359. The van der Waals surface area contributed by atoms with Crippen LogP contribution in [0.3, 0.4) is 0 Å². The first-order valence-corrected chi connectivity index (χ1v) is 7.63. The fraction of sp³-hybridized carbons (Fsp3) is 0.769. The lowest BCUT2D eigenvalue weighted by Gasteiger charge is -2.17. The van der Waals surface area contributed by atoms with E-state index in [1.165, 1.54) is 16.6 Å². The molecule has 3 unspecified atom stereocenters. The van der Waals surface area contributed by atoms with Crippen LogP contribution in [-0.2, 0) is 13.0 Å². The molecule has 2 nitrogen and oxygen atoms in total. The molecule has 1 saturated carbocycles. The van der Waals surface area contributed by atoms with E-state index in [0.717, 1.165) is 25.1 Å². The Morgan fingerprint density at radius 3 is 2.71 bits per heavy atom. The number of rotatable bonds is 3. The number of nitrogens with zero attached hydrogens (tertiary/aromatic N) is 2. The molecule has 0 spiro atoms. The molecule has 0 aromatic carbocycles. The Kier molecular flexibility index (Phi) is 4.19. The minimum Gasteiger partial charge on any atom is -0.268 e. The standard InChI is InChI=1S/C13H20BrClN2/c1-4-17-12(13(14)9(3)16-17)7-10-5-6-11(15)8(10)2/h8,10-11H,4-7H2,1-3H3. The van der Waals surface area contributed by atoms with E-state index in [2.05, 4.69) is 46.5 Å². The minimum atomic E-state index is 0.359. The third-order valence-electron chi connectivity index (χ3n) is 4.04. The Labute approximate surface area is 117 Å². The Morgan fingerprint density at radius 1 is 1.47 bits per heavy atom. The molecule has 0 saturated heterocycles. The van der Waals surface area contributed by atoms with E-state index in [9.17, 15) is 0 Å². The zero-order valence-electron chi connectivity index (χ0n) is 10.7. The van der Waals surface area contributed by atoms with Crippen molar-refractivity contribution in [1.82, 2.24) is 9.78 Å². The van der Waals surface area contributed by atoms with Gasteiger partial charge in [-0.25, -0.2) is 0 Å². The Balaban J connectivity index is 2.18. The lowest BCUT2D eigenvalue weighted by Crippen LogP contribution is -2.15. The quantitative estimate of drug-likeness (QED) is 0.765. The van der Waals surface area contributed by atoms with Gasteiger partial charge in [0.25, 0.3) is 0 Å². The predicted octanol–water partition coefficient (Wildman–Crippen LogP) is 4.17. The Morgan fingerprint density at radius 2 is 2.18 bits per heavy atom. The van der Waals surface area contributed by atoms with E-state index in [0.29, 0.717) is 17.2 Å². The number of aryl methyl sites for hydroxylation is 2. The van der Waals surface area contributed by atoms with E-state index < -0.39 is 0 Å². The highest BCUT2D eigenvalue weighted by Crippen LogP contribution is 2.38. The lowest BCUT2D eigenvalue weighted by atomic mass is 9.93. The Hall–Kier alpha value is -0.0200. The molecule has 1 aliphatic rings. The molecule has 4 heteroatoms. The molecule has 0 amide bonds. The summed E-state index contributed by atoms with van der Waals surface area (Å²) in [5.41, 5.74) is 2.43. The molecule has 0 bridgehead atoms. The van der Waals surface area contributed by atoms with E-state index >= 15 is 0 Å². The predicted molar refractivity (Wildman–Crippen MR) is 75.6 cm³/mol. The van der Waals surface area contributed by atoms with Gasteiger partial charge in [0.2, 0.25) is 0 Å². The van der Waals surface area contributed by atoms with E-state index in [1.54, 1.807) is 0 Å². The van der Waals surface area contributed by atoms with Gasteiger partial charge in [-0.15, -0.1) is 11.6 Å². The van der Waals surface area contributed by atoms with Crippen molar-refractivity contribution < 1.29 is 0 Å². The second kappa shape index (κ2) is 5.31. The first-order chi connectivity index (χ1) is 8.04. The third-order valence-corrected chi connectivity index (χ3v) is 5.68. The van der Waals surface area contributed by atoms with Crippen molar-refractivity contribution in [1.29, 1.82) is 0 Å². The maximum Gasteiger partial charge on any atom is 0.0738 e. The first-order valence-electron chi connectivity index (χ1n) is 6.40. The molecule has 1 aromatic rings. The molecule has 2 rings (SSSR count). The highest BCUT2D eigenvalue weighted by atomic mass is 79.9. The summed E-state index contributed by atoms with van der Waals surface area (Å²) in [4.78, 5) is 0. The van der Waals surface area contributed by atoms with Gasteiger partial charge < -0.3 is 0 Å². The number of aromatic nitrogens is 2. The second-order valence-electron chi connectivity index (χ2n) is 5.08. The summed E-state index contributed by atoms with van der Waals surface area (Å²) in [6, 6.07) is 0. The molecule has 0 N–H and O–H groups in total. The molecule has 96 valence electrons. The summed E-state index contributed by atoms with van der Waals surface area (Å²) >= 11 is 9.98. The molecule has 1 aromatic heterocycles. The van der Waals surface area contributed by atoms with Crippen molar-refractivity contribution in [2.45, 2.75) is 52.0 Å². The van der Waals surface area contributed by atoms with Crippen LogP contribution in [0.15, 0.2) is 4.47 Å². The summed E-state index contributed by atoms with van der Waals surface area (Å²) in [5, 5.41) is 4.91. The van der Waals surface area contributed by atoms with Gasteiger partial charge in [-0.2, -0.15) is 5.10 Å². The molecule has 0 radical (unpaired) electrons. The Bertz CT molecular complexity index is 402. The molecular formula is C13H20BrClN2. The van der Waals surface area contributed by atoms with Crippen LogP contribution < -0.4 is 0 Å². The summed E-state index contributed by atoms with van der Waals surface area (Å²) in [6.45, 7) is 7.42. The zero-order chi connectivity index (χ0) is 12.6. The second-order valence-corrected chi connectivity index (χ2v) is 6.43. The normalized spacial score (nSPS) is 28.9. The van der Waals surface area contributed by atoms with Gasteiger partial charge in [0.1, 0.15) is 0 Å². The van der Waals surface area contributed by atoms with Gasteiger partial charge in [-0.3, -0.25) is 4.68 Å². The number of hydrogen-bond acceptors (Lipinski definition) is 1. The fourth-order valence-corrected chi connectivity index (χ4v) is 3.57. The zero-order valence-corrected chi connectivity index (χ0v) is 13.1. The highest BCUT2D eigenvalue weighted by Gasteiger charge is 2.32. The molecule has 3 atom stereocenters. The van der Waals surface area contributed by atoms with Crippen molar-refractivity contribution >= 4 is 27.5 Å². The van der Waals surface area contributed by atoms with Crippen molar-refractivity contribution in [3.05, 3.63) is 15.9 Å². The van der Waals surface area contributed by atoms with E-state index in [1.807, 2.05) is 0 Å². The lowest BCUT2D eigenvalue weighted by molar-refractivity contribution is 0.405. The summed E-state index contributed by atoms with van der Waals surface area (Å²) < 4.78 is 3.30.